The van der Waals surface area contributed by atoms with E-state index in [1.165, 1.54) is 32.1 Å². The fraction of sp³-hybridized carbons (Fsp3) is 1.00. The van der Waals surface area contributed by atoms with Crippen molar-refractivity contribution in [2.24, 2.45) is 0 Å². The zero-order chi connectivity index (χ0) is 10.9. The number of hydrogen-bond acceptors (Lipinski definition) is 3. The lowest BCUT2D eigenvalue weighted by molar-refractivity contribution is 0.0739. The molecular weight excluding hydrogens is 190 g/mol. The maximum Gasteiger partial charge on any atom is 0.0589 e. The molecule has 0 aromatic rings. The highest BCUT2D eigenvalue weighted by molar-refractivity contribution is 4.75. The van der Waals surface area contributed by atoms with Gasteiger partial charge in [-0.3, -0.25) is 4.90 Å². The van der Waals surface area contributed by atoms with Gasteiger partial charge in [-0.25, -0.2) is 0 Å². The highest BCUT2D eigenvalue weighted by Gasteiger charge is 2.20. The topological polar surface area (TPSA) is 21.7 Å². The molecule has 0 unspecified atom stereocenters. The Balaban J connectivity index is 2.30. The molecule has 3 heteroatoms. The quantitative estimate of drug-likeness (QED) is 0.647. The summed E-state index contributed by atoms with van der Waals surface area (Å²) in [6, 6.07) is 0.768. The van der Waals surface area contributed by atoms with Crippen LogP contribution in [0.15, 0.2) is 0 Å². The van der Waals surface area contributed by atoms with Crippen molar-refractivity contribution in [3.8, 4) is 0 Å². The number of ether oxygens (including phenoxy) is 2. The van der Waals surface area contributed by atoms with E-state index in [0.717, 1.165) is 32.3 Å². The zero-order valence-corrected chi connectivity index (χ0v) is 10.2. The number of methoxy groups -OCH3 is 2. The van der Waals surface area contributed by atoms with Gasteiger partial charge in [0, 0.05) is 33.4 Å². The Kier molecular flexibility index (Phi) is 6.98. The van der Waals surface area contributed by atoms with Crippen molar-refractivity contribution in [1.29, 1.82) is 0 Å². The van der Waals surface area contributed by atoms with Gasteiger partial charge >= 0.3 is 0 Å². The van der Waals surface area contributed by atoms with Crippen molar-refractivity contribution < 1.29 is 9.47 Å². The molecule has 0 radical (unpaired) electrons. The molecule has 15 heavy (non-hydrogen) atoms. The molecule has 0 amide bonds. The van der Waals surface area contributed by atoms with Gasteiger partial charge in [0.1, 0.15) is 0 Å². The molecule has 0 aromatic heterocycles. The number of rotatable bonds is 7. The smallest absolute Gasteiger partial charge is 0.0589 e. The summed E-state index contributed by atoms with van der Waals surface area (Å²) >= 11 is 0. The van der Waals surface area contributed by atoms with Gasteiger partial charge in [0.05, 0.1) is 13.2 Å². The third kappa shape index (κ3) is 4.96. The van der Waals surface area contributed by atoms with Gasteiger partial charge in [-0.05, 0) is 12.8 Å². The Morgan fingerprint density at radius 3 is 1.93 bits per heavy atom. The predicted octanol–water partition coefficient (Wildman–Crippen LogP) is 1.91. The van der Waals surface area contributed by atoms with Crippen LogP contribution in [0.2, 0.25) is 0 Å². The van der Waals surface area contributed by atoms with E-state index < -0.39 is 0 Å². The molecule has 1 aliphatic carbocycles. The molecule has 0 spiro atoms. The van der Waals surface area contributed by atoms with Crippen molar-refractivity contribution in [1.82, 2.24) is 4.90 Å². The molecule has 90 valence electrons. The van der Waals surface area contributed by atoms with E-state index in [1.807, 2.05) is 0 Å². The summed E-state index contributed by atoms with van der Waals surface area (Å²) in [4.78, 5) is 2.53. The number of hydrogen-bond donors (Lipinski definition) is 0. The maximum atomic E-state index is 5.16. The van der Waals surface area contributed by atoms with E-state index in [0.29, 0.717) is 0 Å². The molecule has 0 bridgehead atoms. The molecule has 0 saturated heterocycles. The molecule has 0 heterocycles. The highest BCUT2D eigenvalue weighted by atomic mass is 16.5. The van der Waals surface area contributed by atoms with E-state index in [1.54, 1.807) is 14.2 Å². The second kappa shape index (κ2) is 8.08. The summed E-state index contributed by atoms with van der Waals surface area (Å²) in [6.45, 7) is 3.76. The summed E-state index contributed by atoms with van der Waals surface area (Å²) in [5.74, 6) is 0. The summed E-state index contributed by atoms with van der Waals surface area (Å²) < 4.78 is 10.3. The summed E-state index contributed by atoms with van der Waals surface area (Å²) in [7, 11) is 3.55. The van der Waals surface area contributed by atoms with Gasteiger partial charge in [-0.15, -0.1) is 0 Å². The van der Waals surface area contributed by atoms with E-state index in [-0.39, 0.29) is 0 Å². The average Bonchev–Trinajstić information content (AvgIpc) is 2.30. The van der Waals surface area contributed by atoms with Crippen LogP contribution in [0, 0.1) is 0 Å². The standard InChI is InChI=1S/C12H25NO2/c1-14-10-8-13(9-11-15-2)12-6-4-3-5-7-12/h12H,3-11H2,1-2H3. The van der Waals surface area contributed by atoms with Crippen LogP contribution in [-0.2, 0) is 9.47 Å². The van der Waals surface area contributed by atoms with Gasteiger partial charge in [0.25, 0.3) is 0 Å². The molecule has 1 fully saturated rings. The second-order valence-electron chi connectivity index (χ2n) is 4.31. The molecule has 1 aliphatic rings. The van der Waals surface area contributed by atoms with Crippen LogP contribution in [0.1, 0.15) is 32.1 Å². The maximum absolute atomic E-state index is 5.16. The summed E-state index contributed by atoms with van der Waals surface area (Å²) in [6.07, 6.45) is 6.90. The fourth-order valence-electron chi connectivity index (χ4n) is 2.34. The first-order valence-corrected chi connectivity index (χ1v) is 6.10. The van der Waals surface area contributed by atoms with Gasteiger partial charge in [-0.2, -0.15) is 0 Å². The van der Waals surface area contributed by atoms with Crippen LogP contribution < -0.4 is 0 Å². The lowest BCUT2D eigenvalue weighted by Crippen LogP contribution is -2.40. The summed E-state index contributed by atoms with van der Waals surface area (Å²) in [5, 5.41) is 0. The first-order valence-electron chi connectivity index (χ1n) is 6.10. The lowest BCUT2D eigenvalue weighted by Gasteiger charge is -2.34. The Morgan fingerprint density at radius 1 is 0.933 bits per heavy atom. The van der Waals surface area contributed by atoms with Crippen molar-refractivity contribution in [2.45, 2.75) is 38.1 Å². The third-order valence-electron chi connectivity index (χ3n) is 3.26. The van der Waals surface area contributed by atoms with E-state index in [9.17, 15) is 0 Å². The third-order valence-corrected chi connectivity index (χ3v) is 3.26. The lowest BCUT2D eigenvalue weighted by atomic mass is 9.94. The fourth-order valence-corrected chi connectivity index (χ4v) is 2.34. The van der Waals surface area contributed by atoms with Crippen LogP contribution in [0.25, 0.3) is 0 Å². The van der Waals surface area contributed by atoms with Gasteiger partial charge < -0.3 is 9.47 Å². The first kappa shape index (κ1) is 12.9. The van der Waals surface area contributed by atoms with Crippen molar-refractivity contribution >= 4 is 0 Å². The first-order chi connectivity index (χ1) is 7.38. The molecule has 1 rings (SSSR count). The van der Waals surface area contributed by atoms with Gasteiger partial charge in [0.2, 0.25) is 0 Å². The molecule has 0 aromatic carbocycles. The van der Waals surface area contributed by atoms with Gasteiger partial charge in [0.15, 0.2) is 0 Å². The molecular formula is C12H25NO2. The highest BCUT2D eigenvalue weighted by Crippen LogP contribution is 2.22. The van der Waals surface area contributed by atoms with E-state index in [2.05, 4.69) is 4.90 Å². The molecule has 1 saturated carbocycles. The summed E-state index contributed by atoms with van der Waals surface area (Å²) in [5.41, 5.74) is 0. The SMILES string of the molecule is COCCN(CCOC)C1CCCCC1. The Labute approximate surface area is 93.7 Å². The Bertz CT molecular complexity index is 139. The van der Waals surface area contributed by atoms with Crippen LogP contribution in [-0.4, -0.2) is 51.5 Å². The monoisotopic (exact) mass is 215 g/mol. The molecule has 3 nitrogen and oxygen atoms in total. The zero-order valence-electron chi connectivity index (χ0n) is 10.2. The predicted molar refractivity (Wildman–Crippen MR) is 62.2 cm³/mol. The normalized spacial score (nSPS) is 18.6. The van der Waals surface area contributed by atoms with Crippen LogP contribution in [0.4, 0.5) is 0 Å². The van der Waals surface area contributed by atoms with Crippen LogP contribution >= 0.6 is 0 Å². The molecule has 0 aliphatic heterocycles. The number of nitrogens with zero attached hydrogens (tertiary/aromatic N) is 1. The molecule has 0 N–H and O–H groups in total. The Morgan fingerprint density at radius 2 is 1.47 bits per heavy atom. The average molecular weight is 215 g/mol. The van der Waals surface area contributed by atoms with Crippen LogP contribution in [0.5, 0.6) is 0 Å². The molecule has 0 atom stereocenters. The van der Waals surface area contributed by atoms with Crippen molar-refractivity contribution in [3.05, 3.63) is 0 Å². The second-order valence-corrected chi connectivity index (χ2v) is 4.31. The van der Waals surface area contributed by atoms with E-state index in [4.69, 9.17) is 9.47 Å². The minimum atomic E-state index is 0.768. The minimum Gasteiger partial charge on any atom is -0.383 e. The van der Waals surface area contributed by atoms with E-state index >= 15 is 0 Å². The van der Waals surface area contributed by atoms with Gasteiger partial charge in [-0.1, -0.05) is 19.3 Å². The van der Waals surface area contributed by atoms with Crippen molar-refractivity contribution in [3.63, 3.8) is 0 Å². The van der Waals surface area contributed by atoms with Crippen molar-refractivity contribution in [2.75, 3.05) is 40.5 Å². The largest absolute Gasteiger partial charge is 0.383 e. The minimum absolute atomic E-state index is 0.768. The Hall–Kier alpha value is -0.120. The van der Waals surface area contributed by atoms with Crippen LogP contribution in [0.3, 0.4) is 0 Å².